The molecule has 6 rings (SSSR count). The Kier molecular flexibility index (Phi) is 5.10. The molecular weight excluding hydrogens is 432 g/mol. The van der Waals surface area contributed by atoms with E-state index in [1.807, 2.05) is 0 Å². The van der Waals surface area contributed by atoms with Crippen LogP contribution in [-0.2, 0) is 19.2 Å². The third-order valence-electron chi connectivity index (χ3n) is 10.7. The van der Waals surface area contributed by atoms with Crippen LogP contribution in [0.3, 0.4) is 0 Å². The van der Waals surface area contributed by atoms with Gasteiger partial charge in [-0.1, -0.05) is 44.0 Å². The first kappa shape index (κ1) is 22.7. The first-order chi connectivity index (χ1) is 16.3. The molecule has 0 aromatic carbocycles. The zero-order chi connectivity index (χ0) is 23.9. The highest BCUT2D eigenvalue weighted by Gasteiger charge is 2.85. The molecule has 0 aromatic rings. The lowest BCUT2D eigenvalue weighted by Gasteiger charge is -2.58. The monoisotopic (exact) mass is 470 g/mol. The van der Waals surface area contributed by atoms with Gasteiger partial charge in [0.2, 0.25) is 0 Å². The van der Waals surface area contributed by atoms with Gasteiger partial charge in [0.1, 0.15) is 17.8 Å². The van der Waals surface area contributed by atoms with Crippen LogP contribution in [-0.4, -0.2) is 66.9 Å². The molecule has 4 aliphatic carbocycles. The molecule has 7 heteroatoms. The zero-order valence-corrected chi connectivity index (χ0v) is 20.7. The summed E-state index contributed by atoms with van der Waals surface area (Å²) < 4.78 is 5.49. The van der Waals surface area contributed by atoms with Crippen molar-refractivity contribution in [2.45, 2.75) is 59.0 Å². The summed E-state index contributed by atoms with van der Waals surface area (Å²) in [5, 5.41) is 15.8. The summed E-state index contributed by atoms with van der Waals surface area (Å²) >= 11 is 0. The molecule has 4 bridgehead atoms. The maximum Gasteiger partial charge on any atom is 0.315 e. The molecule has 6 aliphatic rings. The Morgan fingerprint density at radius 3 is 2.74 bits per heavy atom. The second-order valence-electron chi connectivity index (χ2n) is 12.2. The highest BCUT2D eigenvalue weighted by molar-refractivity contribution is 6.03. The van der Waals surface area contributed by atoms with Crippen molar-refractivity contribution in [3.8, 4) is 0 Å². The fraction of sp³-hybridized carbons (Fsp3) is 0.815. The molecule has 186 valence electrons. The number of morpholine rings is 1. The number of carboxylic acids is 1. The van der Waals surface area contributed by atoms with Crippen LogP contribution in [0.4, 0.5) is 0 Å². The van der Waals surface area contributed by atoms with Crippen molar-refractivity contribution < 1.29 is 24.3 Å². The van der Waals surface area contributed by atoms with E-state index in [1.165, 1.54) is 0 Å². The fourth-order valence-corrected chi connectivity index (χ4v) is 9.58. The summed E-state index contributed by atoms with van der Waals surface area (Å²) in [5.41, 5.74) is -0.844. The summed E-state index contributed by atoms with van der Waals surface area (Å²) in [6.07, 6.45) is 7.39. The number of allylic oxidation sites excluding steroid dienone is 1. The SMILES string of the molecule is CC(C)C1=C[C@H]2C[C@]3(C=O)[C@@H]4CC[C@@H](C)[C@H]4C[C@@]2(C2=NOC(CN4CCOCC4)C2)[C@]13C(=O)O. The van der Waals surface area contributed by atoms with Crippen LogP contribution in [0, 0.1) is 45.8 Å². The third kappa shape index (κ3) is 2.53. The maximum absolute atomic E-state index is 13.6. The minimum absolute atomic E-state index is 0.0356. The zero-order valence-electron chi connectivity index (χ0n) is 20.7. The first-order valence-corrected chi connectivity index (χ1v) is 13.3. The van der Waals surface area contributed by atoms with Gasteiger partial charge in [0.15, 0.2) is 0 Å². The number of aldehydes is 1. The van der Waals surface area contributed by atoms with Crippen LogP contribution in [0.5, 0.6) is 0 Å². The van der Waals surface area contributed by atoms with Crippen molar-refractivity contribution >= 4 is 18.0 Å². The van der Waals surface area contributed by atoms with Crippen LogP contribution in [0.2, 0.25) is 0 Å². The number of nitrogens with zero attached hydrogens (tertiary/aromatic N) is 2. The van der Waals surface area contributed by atoms with E-state index in [-0.39, 0.29) is 23.9 Å². The average molecular weight is 471 g/mol. The molecule has 8 atom stereocenters. The van der Waals surface area contributed by atoms with E-state index in [2.05, 4.69) is 36.9 Å². The molecule has 1 unspecified atom stereocenters. The fourth-order valence-electron chi connectivity index (χ4n) is 9.58. The Balaban J connectivity index is 1.44. The topological polar surface area (TPSA) is 88.4 Å². The molecule has 2 heterocycles. The van der Waals surface area contributed by atoms with Gasteiger partial charge in [-0.2, -0.15) is 0 Å². The summed E-state index contributed by atoms with van der Waals surface area (Å²) in [5.74, 6) is 0.294. The van der Waals surface area contributed by atoms with Crippen molar-refractivity contribution in [3.63, 3.8) is 0 Å². The lowest BCUT2D eigenvalue weighted by atomic mass is 9.41. The van der Waals surface area contributed by atoms with E-state index >= 15 is 0 Å². The standard InChI is InChI=1S/C27H38N2O5/c1-16(2)22-10-18-12-25(15-30)21-5-4-17(3)20(21)13-26(18,27(22,25)24(31)32)23-11-19(34-28-23)14-29-6-8-33-9-7-29/h10,15-21H,4-9,11-14H2,1-3H3,(H,31,32)/t17-,18+,19?,20-,21-,25+,26-,27+/m1/s1. The van der Waals surface area contributed by atoms with Crippen LogP contribution >= 0.6 is 0 Å². The molecule has 4 fully saturated rings. The van der Waals surface area contributed by atoms with Gasteiger partial charge in [0, 0.05) is 31.5 Å². The minimum Gasteiger partial charge on any atom is -0.481 e. The Labute approximate surface area is 201 Å². The second kappa shape index (κ2) is 7.63. The number of rotatable bonds is 6. The van der Waals surface area contributed by atoms with Crippen LogP contribution in [0.15, 0.2) is 16.8 Å². The molecule has 0 amide bonds. The van der Waals surface area contributed by atoms with Crippen molar-refractivity contribution in [1.82, 2.24) is 4.90 Å². The average Bonchev–Trinajstić information content (AvgIpc) is 3.54. The van der Waals surface area contributed by atoms with Gasteiger partial charge in [-0.15, -0.1) is 0 Å². The normalized spacial score (nSPS) is 47.4. The van der Waals surface area contributed by atoms with E-state index in [0.717, 1.165) is 69.7 Å². The highest BCUT2D eigenvalue weighted by Crippen LogP contribution is 2.83. The number of fused-ring (bicyclic) bond motifs is 2. The van der Waals surface area contributed by atoms with E-state index in [1.54, 1.807) is 0 Å². The quantitative estimate of drug-likeness (QED) is 0.473. The molecule has 34 heavy (non-hydrogen) atoms. The van der Waals surface area contributed by atoms with Crippen molar-refractivity contribution in [1.29, 1.82) is 0 Å². The summed E-state index contributed by atoms with van der Waals surface area (Å²) in [6, 6.07) is 0. The summed E-state index contributed by atoms with van der Waals surface area (Å²) in [7, 11) is 0. The van der Waals surface area contributed by atoms with Gasteiger partial charge in [-0.3, -0.25) is 9.69 Å². The molecular formula is C27H38N2O5. The molecule has 2 aliphatic heterocycles. The summed E-state index contributed by atoms with van der Waals surface area (Å²) in [6.45, 7) is 10.5. The van der Waals surface area contributed by atoms with E-state index in [0.29, 0.717) is 24.7 Å². The number of carbonyl (C=O) groups excluding carboxylic acids is 1. The lowest BCUT2D eigenvalue weighted by molar-refractivity contribution is -0.173. The lowest BCUT2D eigenvalue weighted by Crippen LogP contribution is -2.64. The van der Waals surface area contributed by atoms with E-state index in [4.69, 9.17) is 9.57 Å². The van der Waals surface area contributed by atoms with Crippen LogP contribution in [0.25, 0.3) is 0 Å². The number of hydrogen-bond donors (Lipinski definition) is 1. The second-order valence-corrected chi connectivity index (χ2v) is 12.2. The van der Waals surface area contributed by atoms with Gasteiger partial charge in [-0.05, 0) is 48.9 Å². The molecule has 0 spiro atoms. The van der Waals surface area contributed by atoms with Gasteiger partial charge in [0.05, 0.1) is 24.3 Å². The van der Waals surface area contributed by atoms with E-state index < -0.39 is 22.2 Å². The Morgan fingerprint density at radius 2 is 2.06 bits per heavy atom. The largest absolute Gasteiger partial charge is 0.481 e. The molecule has 1 N–H and O–H groups in total. The highest BCUT2D eigenvalue weighted by atomic mass is 16.6. The predicted molar refractivity (Wildman–Crippen MR) is 126 cm³/mol. The van der Waals surface area contributed by atoms with Crippen LogP contribution in [0.1, 0.15) is 52.9 Å². The van der Waals surface area contributed by atoms with Crippen molar-refractivity contribution in [2.75, 3.05) is 32.8 Å². The van der Waals surface area contributed by atoms with Gasteiger partial charge in [-0.25, -0.2) is 0 Å². The molecule has 0 radical (unpaired) electrons. The first-order valence-electron chi connectivity index (χ1n) is 13.3. The van der Waals surface area contributed by atoms with Gasteiger partial charge >= 0.3 is 5.97 Å². The minimum atomic E-state index is -1.21. The number of carbonyl (C=O) groups is 2. The van der Waals surface area contributed by atoms with Crippen molar-refractivity contribution in [2.24, 2.45) is 51.0 Å². The molecule has 1 saturated heterocycles. The number of ether oxygens (including phenoxy) is 1. The Bertz CT molecular complexity index is 955. The number of hydrogen-bond acceptors (Lipinski definition) is 6. The number of aliphatic carboxylic acids is 1. The maximum atomic E-state index is 13.6. The number of carboxylic acid groups (broad SMARTS) is 1. The molecule has 3 saturated carbocycles. The van der Waals surface area contributed by atoms with Gasteiger partial charge in [0.25, 0.3) is 0 Å². The van der Waals surface area contributed by atoms with Crippen molar-refractivity contribution in [3.05, 3.63) is 11.6 Å². The molecule has 0 aromatic heterocycles. The Hall–Kier alpha value is -1.73. The third-order valence-corrected chi connectivity index (χ3v) is 10.7. The molecule has 7 nitrogen and oxygen atoms in total. The van der Waals surface area contributed by atoms with Gasteiger partial charge < -0.3 is 19.5 Å². The Morgan fingerprint density at radius 1 is 1.29 bits per heavy atom. The predicted octanol–water partition coefficient (Wildman–Crippen LogP) is 3.39. The van der Waals surface area contributed by atoms with E-state index in [9.17, 15) is 14.7 Å². The summed E-state index contributed by atoms with van der Waals surface area (Å²) in [4.78, 5) is 35.1. The smallest absolute Gasteiger partial charge is 0.315 e. The van der Waals surface area contributed by atoms with Crippen LogP contribution < -0.4 is 0 Å². The number of oxime groups is 1.